The van der Waals surface area contributed by atoms with Crippen LogP contribution in [0.15, 0.2) is 28.8 Å². The molecule has 2 N–H and O–H groups in total. The van der Waals surface area contributed by atoms with Gasteiger partial charge in [-0.25, -0.2) is 9.67 Å². The molecule has 2 aromatic heterocycles. The molecule has 1 saturated heterocycles. The lowest BCUT2D eigenvalue weighted by atomic mass is 10.1. The Balaban J connectivity index is 1.48. The summed E-state index contributed by atoms with van der Waals surface area (Å²) in [7, 11) is 0. The van der Waals surface area contributed by atoms with Crippen molar-refractivity contribution in [3.05, 3.63) is 36.0 Å². The quantitative estimate of drug-likeness (QED) is 0.755. The zero-order chi connectivity index (χ0) is 17.2. The Hall–Kier alpha value is -2.74. The fraction of sp³-hybridized carbons (Fsp3) is 0.412. The van der Waals surface area contributed by atoms with Crippen LogP contribution < -0.4 is 10.6 Å². The van der Waals surface area contributed by atoms with Gasteiger partial charge in [-0.05, 0) is 44.1 Å². The number of hydrogen-bond acceptors (Lipinski definition) is 6. The molecule has 0 atom stereocenters. The molecule has 0 unspecified atom stereocenters. The topological polar surface area (TPSA) is 97.9 Å². The minimum absolute atomic E-state index is 0.279. The number of nitrogens with one attached hydrogen (secondary N) is 2. The Labute approximate surface area is 144 Å². The van der Waals surface area contributed by atoms with Crippen molar-refractivity contribution in [2.75, 3.05) is 18.4 Å². The molecule has 1 aromatic carbocycles. The van der Waals surface area contributed by atoms with Crippen LogP contribution in [-0.2, 0) is 6.42 Å². The van der Waals surface area contributed by atoms with E-state index in [9.17, 15) is 4.79 Å². The van der Waals surface area contributed by atoms with Gasteiger partial charge in [0.25, 0.3) is 5.91 Å². The number of oxazole rings is 1. The standard InChI is InChI=1S/C17H20N6O2/c1-2-16-20-13-9-11(3-4-15(13)25-16)19-17(24)14-10-23(22-21-14)12-5-7-18-8-6-12/h3-4,9-10,12,18H,2,5-8H2,1H3,(H,19,24). The summed E-state index contributed by atoms with van der Waals surface area (Å²) in [5.74, 6) is 0.405. The normalized spacial score (nSPS) is 15.6. The second-order valence-corrected chi connectivity index (χ2v) is 6.16. The number of carbonyl (C=O) groups is 1. The van der Waals surface area contributed by atoms with Gasteiger partial charge in [0.1, 0.15) is 5.52 Å². The van der Waals surface area contributed by atoms with Crippen molar-refractivity contribution in [3.63, 3.8) is 0 Å². The van der Waals surface area contributed by atoms with Crippen LogP contribution in [0.5, 0.6) is 0 Å². The van der Waals surface area contributed by atoms with Gasteiger partial charge in [0.05, 0.1) is 12.2 Å². The first-order valence-corrected chi connectivity index (χ1v) is 8.56. The molecule has 1 fully saturated rings. The van der Waals surface area contributed by atoms with Gasteiger partial charge in [0.15, 0.2) is 17.2 Å². The number of fused-ring (bicyclic) bond motifs is 1. The lowest BCUT2D eigenvalue weighted by Crippen LogP contribution is -2.29. The van der Waals surface area contributed by atoms with E-state index in [0.29, 0.717) is 28.9 Å². The minimum Gasteiger partial charge on any atom is -0.441 e. The molecule has 3 heterocycles. The third kappa shape index (κ3) is 3.25. The van der Waals surface area contributed by atoms with Gasteiger partial charge >= 0.3 is 0 Å². The molecule has 1 amide bonds. The average Bonchev–Trinajstić information content (AvgIpc) is 3.29. The van der Waals surface area contributed by atoms with Crippen LogP contribution in [0.4, 0.5) is 5.69 Å². The van der Waals surface area contributed by atoms with Gasteiger partial charge in [-0.2, -0.15) is 0 Å². The molecule has 25 heavy (non-hydrogen) atoms. The lowest BCUT2D eigenvalue weighted by Gasteiger charge is -2.22. The molecular formula is C17H20N6O2. The Morgan fingerprint density at radius 2 is 2.24 bits per heavy atom. The van der Waals surface area contributed by atoms with E-state index in [1.54, 1.807) is 23.0 Å². The van der Waals surface area contributed by atoms with Crippen LogP contribution in [-0.4, -0.2) is 39.0 Å². The summed E-state index contributed by atoms with van der Waals surface area (Å²) in [4.78, 5) is 16.8. The van der Waals surface area contributed by atoms with Crippen molar-refractivity contribution in [3.8, 4) is 0 Å². The highest BCUT2D eigenvalue weighted by Crippen LogP contribution is 2.21. The smallest absolute Gasteiger partial charge is 0.277 e. The first-order valence-electron chi connectivity index (χ1n) is 8.56. The van der Waals surface area contributed by atoms with Crippen LogP contribution >= 0.6 is 0 Å². The maximum atomic E-state index is 12.4. The SMILES string of the molecule is CCc1nc2cc(NC(=O)c3cn(C4CCNCC4)nn3)ccc2o1. The molecule has 130 valence electrons. The molecule has 3 aromatic rings. The number of aryl methyl sites for hydroxylation is 1. The Morgan fingerprint density at radius 3 is 3.04 bits per heavy atom. The summed E-state index contributed by atoms with van der Waals surface area (Å²) in [5, 5.41) is 14.3. The second-order valence-electron chi connectivity index (χ2n) is 6.16. The van der Waals surface area contributed by atoms with E-state index < -0.39 is 0 Å². The molecule has 8 heteroatoms. The van der Waals surface area contributed by atoms with Gasteiger partial charge in [-0.15, -0.1) is 5.10 Å². The Kier molecular flexibility index (Phi) is 4.19. The maximum absolute atomic E-state index is 12.4. The summed E-state index contributed by atoms with van der Waals surface area (Å²) in [6.45, 7) is 3.91. The zero-order valence-corrected chi connectivity index (χ0v) is 14.0. The number of carbonyl (C=O) groups excluding carboxylic acids is 1. The summed E-state index contributed by atoms with van der Waals surface area (Å²) < 4.78 is 7.37. The monoisotopic (exact) mass is 340 g/mol. The van der Waals surface area contributed by atoms with Crippen LogP contribution in [0.1, 0.15) is 42.2 Å². The molecule has 0 saturated carbocycles. The number of benzene rings is 1. The molecule has 4 rings (SSSR count). The predicted molar refractivity (Wildman–Crippen MR) is 92.5 cm³/mol. The highest BCUT2D eigenvalue weighted by Gasteiger charge is 2.19. The van der Waals surface area contributed by atoms with E-state index in [2.05, 4.69) is 25.9 Å². The Bertz CT molecular complexity index is 894. The molecule has 0 radical (unpaired) electrons. The molecular weight excluding hydrogens is 320 g/mol. The van der Waals surface area contributed by atoms with E-state index in [1.165, 1.54) is 0 Å². The summed E-state index contributed by atoms with van der Waals surface area (Å²) in [5.41, 5.74) is 2.41. The van der Waals surface area contributed by atoms with Gasteiger partial charge in [0.2, 0.25) is 0 Å². The van der Waals surface area contributed by atoms with E-state index in [1.807, 2.05) is 13.0 Å². The first kappa shape index (κ1) is 15.8. The number of nitrogens with zero attached hydrogens (tertiary/aromatic N) is 4. The van der Waals surface area contributed by atoms with Crippen molar-refractivity contribution in [1.29, 1.82) is 0 Å². The zero-order valence-electron chi connectivity index (χ0n) is 14.0. The summed E-state index contributed by atoms with van der Waals surface area (Å²) >= 11 is 0. The average molecular weight is 340 g/mol. The number of hydrogen-bond donors (Lipinski definition) is 2. The maximum Gasteiger partial charge on any atom is 0.277 e. The lowest BCUT2D eigenvalue weighted by molar-refractivity contribution is 0.102. The van der Waals surface area contributed by atoms with Gasteiger partial charge in [-0.3, -0.25) is 4.79 Å². The fourth-order valence-electron chi connectivity index (χ4n) is 3.03. The van der Waals surface area contributed by atoms with Crippen molar-refractivity contribution in [1.82, 2.24) is 25.3 Å². The number of piperidine rings is 1. The number of amides is 1. The minimum atomic E-state index is -0.279. The highest BCUT2D eigenvalue weighted by molar-refractivity contribution is 6.03. The third-order valence-corrected chi connectivity index (χ3v) is 4.42. The largest absolute Gasteiger partial charge is 0.441 e. The second kappa shape index (κ2) is 6.64. The molecule has 8 nitrogen and oxygen atoms in total. The third-order valence-electron chi connectivity index (χ3n) is 4.42. The van der Waals surface area contributed by atoms with Crippen molar-refractivity contribution in [2.24, 2.45) is 0 Å². The van der Waals surface area contributed by atoms with Crippen molar-refractivity contribution >= 4 is 22.7 Å². The number of aromatic nitrogens is 4. The van der Waals surface area contributed by atoms with E-state index in [-0.39, 0.29) is 5.91 Å². The molecule has 1 aliphatic heterocycles. The number of anilines is 1. The van der Waals surface area contributed by atoms with Crippen LogP contribution in [0, 0.1) is 0 Å². The van der Waals surface area contributed by atoms with E-state index >= 15 is 0 Å². The van der Waals surface area contributed by atoms with Crippen LogP contribution in [0.25, 0.3) is 11.1 Å². The van der Waals surface area contributed by atoms with Gasteiger partial charge in [-0.1, -0.05) is 12.1 Å². The predicted octanol–water partition coefficient (Wildman–Crippen LogP) is 2.16. The number of rotatable bonds is 4. The highest BCUT2D eigenvalue weighted by atomic mass is 16.3. The molecule has 1 aliphatic rings. The van der Waals surface area contributed by atoms with Crippen molar-refractivity contribution < 1.29 is 9.21 Å². The summed E-state index contributed by atoms with van der Waals surface area (Å²) in [6.07, 6.45) is 4.44. The Morgan fingerprint density at radius 1 is 1.40 bits per heavy atom. The van der Waals surface area contributed by atoms with E-state index in [0.717, 1.165) is 37.9 Å². The summed E-state index contributed by atoms with van der Waals surface area (Å²) in [6, 6.07) is 5.70. The van der Waals surface area contributed by atoms with Crippen LogP contribution in [0.3, 0.4) is 0 Å². The van der Waals surface area contributed by atoms with Crippen LogP contribution in [0.2, 0.25) is 0 Å². The fourth-order valence-corrected chi connectivity index (χ4v) is 3.03. The van der Waals surface area contributed by atoms with E-state index in [4.69, 9.17) is 4.42 Å². The van der Waals surface area contributed by atoms with Gasteiger partial charge in [0, 0.05) is 12.1 Å². The molecule has 0 bridgehead atoms. The van der Waals surface area contributed by atoms with Gasteiger partial charge < -0.3 is 15.1 Å². The first-order chi connectivity index (χ1) is 12.2. The molecule has 0 spiro atoms. The van der Waals surface area contributed by atoms with Crippen molar-refractivity contribution in [2.45, 2.75) is 32.2 Å². The molecule has 0 aliphatic carbocycles.